The van der Waals surface area contributed by atoms with Crippen LogP contribution >= 0.6 is 0 Å². The van der Waals surface area contributed by atoms with E-state index < -0.39 is 0 Å². The van der Waals surface area contributed by atoms with Gasteiger partial charge in [-0.25, -0.2) is 15.0 Å². The number of anilines is 2. The Labute approximate surface area is 201 Å². The number of carbonyl (C=O) groups is 1. The molecule has 1 saturated carbocycles. The van der Waals surface area contributed by atoms with Crippen LogP contribution in [0.5, 0.6) is 0 Å². The molecule has 1 amide bonds. The van der Waals surface area contributed by atoms with Crippen LogP contribution in [-0.4, -0.2) is 66.5 Å². The van der Waals surface area contributed by atoms with Crippen LogP contribution in [0.2, 0.25) is 0 Å². The Morgan fingerprint density at radius 3 is 2.57 bits per heavy atom. The summed E-state index contributed by atoms with van der Waals surface area (Å²) in [6, 6.07) is 9.78. The highest BCUT2D eigenvalue weighted by atomic mass is 16.5. The number of nitrogens with zero attached hydrogens (tertiary/aromatic N) is 7. The number of likely N-dealkylation sites (tertiary alicyclic amines) is 1. The van der Waals surface area contributed by atoms with Crippen molar-refractivity contribution < 1.29 is 14.4 Å². The van der Waals surface area contributed by atoms with Gasteiger partial charge in [0.2, 0.25) is 11.9 Å². The van der Waals surface area contributed by atoms with Crippen LogP contribution in [0.25, 0.3) is 22.8 Å². The van der Waals surface area contributed by atoms with Gasteiger partial charge in [0, 0.05) is 39.2 Å². The van der Waals surface area contributed by atoms with Gasteiger partial charge in [-0.1, -0.05) is 11.2 Å². The molecular weight excluding hydrogens is 448 g/mol. The van der Waals surface area contributed by atoms with Gasteiger partial charge in [0.05, 0.1) is 35.0 Å². The lowest BCUT2D eigenvalue weighted by Crippen LogP contribution is -2.21. The third-order valence-electron chi connectivity index (χ3n) is 6.01. The Bertz CT molecular complexity index is 1330. The summed E-state index contributed by atoms with van der Waals surface area (Å²) >= 11 is 0. The Morgan fingerprint density at radius 1 is 1.06 bits per heavy atom. The minimum atomic E-state index is -0.279. The summed E-state index contributed by atoms with van der Waals surface area (Å²) in [5.41, 5.74) is 3.46. The maximum Gasteiger partial charge on any atom is 0.233 e. The van der Waals surface area contributed by atoms with E-state index in [9.17, 15) is 4.79 Å². The molecule has 5 heterocycles. The molecule has 1 saturated heterocycles. The first-order valence-corrected chi connectivity index (χ1v) is 11.4. The molecule has 4 aromatic rings. The first-order chi connectivity index (χ1) is 17.1. The molecule has 1 unspecified atom stereocenters. The van der Waals surface area contributed by atoms with E-state index in [0.717, 1.165) is 25.8 Å². The fourth-order valence-electron chi connectivity index (χ4n) is 4.01. The normalized spacial score (nSPS) is 17.3. The third kappa shape index (κ3) is 4.76. The molecule has 2 N–H and O–H groups in total. The molecule has 11 heteroatoms. The van der Waals surface area contributed by atoms with Crippen molar-refractivity contribution >= 4 is 17.5 Å². The van der Waals surface area contributed by atoms with Gasteiger partial charge in [0.15, 0.2) is 0 Å². The summed E-state index contributed by atoms with van der Waals surface area (Å²) < 4.78 is 7.47. The van der Waals surface area contributed by atoms with Gasteiger partial charge in [-0.2, -0.15) is 5.10 Å². The van der Waals surface area contributed by atoms with Crippen molar-refractivity contribution in [3.8, 4) is 22.8 Å². The molecule has 1 atom stereocenters. The molecule has 2 fully saturated rings. The fourth-order valence-corrected chi connectivity index (χ4v) is 4.01. The fraction of sp³-hybridized carbons (Fsp3) is 0.333. The number of aromatic nitrogens is 6. The number of hydrogen-bond acceptors (Lipinski definition) is 9. The molecule has 0 spiro atoms. The number of likely N-dealkylation sites (N-methyl/N-ethyl adjacent to an activating group) is 1. The predicted octanol–water partition coefficient (Wildman–Crippen LogP) is 3.02. The molecule has 0 radical (unpaired) electrons. The summed E-state index contributed by atoms with van der Waals surface area (Å²) in [5, 5.41) is 18.8. The van der Waals surface area contributed by atoms with E-state index in [4.69, 9.17) is 14.6 Å². The summed E-state index contributed by atoms with van der Waals surface area (Å²) in [5.74, 6) is 0.830. The molecule has 11 nitrogen and oxygen atoms in total. The summed E-state index contributed by atoms with van der Waals surface area (Å²) in [6.07, 6.45) is 8.53. The van der Waals surface area contributed by atoms with Crippen molar-refractivity contribution in [1.29, 1.82) is 0 Å². The highest BCUT2D eigenvalue weighted by Crippen LogP contribution is 2.35. The summed E-state index contributed by atoms with van der Waals surface area (Å²) in [6.45, 7) is 0.721. The number of rotatable bonds is 6. The largest absolute Gasteiger partial charge is 0.400 e. The second kappa shape index (κ2) is 9.63. The van der Waals surface area contributed by atoms with E-state index >= 15 is 0 Å². The highest BCUT2D eigenvalue weighted by Gasteiger charge is 2.33. The van der Waals surface area contributed by atoms with Crippen LogP contribution in [-0.2, 0) is 4.79 Å². The van der Waals surface area contributed by atoms with Gasteiger partial charge >= 0.3 is 0 Å². The number of hydrogen-bond donors (Lipinski definition) is 2. The monoisotopic (exact) mass is 474 g/mol. The number of aliphatic hydroxyl groups excluding tert-OH is 1. The molecule has 180 valence electrons. The molecule has 4 aromatic heterocycles. The lowest BCUT2D eigenvalue weighted by Gasteiger charge is -2.07. The van der Waals surface area contributed by atoms with Crippen molar-refractivity contribution in [1.82, 2.24) is 34.8 Å². The van der Waals surface area contributed by atoms with E-state index in [1.165, 1.54) is 12.8 Å². The lowest BCUT2D eigenvalue weighted by atomic mass is 10.0. The average Bonchev–Trinajstić information content (AvgIpc) is 3.28. The van der Waals surface area contributed by atoms with Crippen LogP contribution < -0.4 is 5.32 Å². The molecular formula is C24H26N8O3. The second-order valence-corrected chi connectivity index (χ2v) is 8.45. The average molecular weight is 475 g/mol. The molecule has 1 aliphatic heterocycles. The highest BCUT2D eigenvalue weighted by molar-refractivity contribution is 5.85. The first kappa shape index (κ1) is 22.7. The molecule has 35 heavy (non-hydrogen) atoms. The maximum absolute atomic E-state index is 12.3. The third-order valence-corrected chi connectivity index (χ3v) is 6.01. The standard InChI is InChI=1S/C23H22N8O2.CH4O/c1-30-10-8-16(22(30)32)21-11-20(29-33-21)18-4-2-3-17(27-18)19-7-9-24-23(28-19)26-14-12-25-31(13-14)15-5-6-15;1-2/h2-4,7,9,11-13,15-16H,5-6,8,10H2,1H3,(H,24,26,28);2H,1H3. The van der Waals surface area contributed by atoms with E-state index in [2.05, 4.69) is 25.5 Å². The Balaban J connectivity index is 0.00000124. The number of amides is 1. The van der Waals surface area contributed by atoms with Gasteiger partial charge in [-0.15, -0.1) is 0 Å². The Morgan fingerprint density at radius 2 is 1.83 bits per heavy atom. The zero-order valence-corrected chi connectivity index (χ0v) is 19.5. The molecule has 2 aliphatic rings. The Hall–Kier alpha value is -4.12. The molecule has 0 bridgehead atoms. The second-order valence-electron chi connectivity index (χ2n) is 8.45. The van der Waals surface area contributed by atoms with Gasteiger partial charge < -0.3 is 19.8 Å². The van der Waals surface area contributed by atoms with Crippen molar-refractivity contribution in [2.45, 2.75) is 31.2 Å². The summed E-state index contributed by atoms with van der Waals surface area (Å²) in [7, 11) is 2.80. The van der Waals surface area contributed by atoms with Crippen LogP contribution in [0.3, 0.4) is 0 Å². The van der Waals surface area contributed by atoms with E-state index in [1.54, 1.807) is 30.4 Å². The van der Waals surface area contributed by atoms with Crippen LogP contribution in [0.1, 0.15) is 37.0 Å². The van der Waals surface area contributed by atoms with Crippen molar-refractivity contribution in [3.05, 3.63) is 54.7 Å². The van der Waals surface area contributed by atoms with Crippen LogP contribution in [0, 0.1) is 0 Å². The SMILES string of the molecule is CN1CCC(c2cc(-c3cccc(-c4ccnc(Nc5cnn(C6CC6)c5)n4)n3)no2)C1=O.CO. The Kier molecular flexibility index (Phi) is 6.23. The number of aliphatic hydroxyl groups is 1. The number of pyridine rings is 1. The van der Waals surface area contributed by atoms with Crippen LogP contribution in [0.4, 0.5) is 11.6 Å². The lowest BCUT2D eigenvalue weighted by molar-refractivity contribution is -0.128. The van der Waals surface area contributed by atoms with Crippen molar-refractivity contribution in [2.24, 2.45) is 0 Å². The molecule has 1 aliphatic carbocycles. The maximum atomic E-state index is 12.3. The topological polar surface area (TPSA) is 135 Å². The molecule has 6 rings (SSSR count). The zero-order chi connectivity index (χ0) is 24.4. The minimum absolute atomic E-state index is 0.0584. The van der Waals surface area contributed by atoms with E-state index in [-0.39, 0.29) is 11.8 Å². The summed E-state index contributed by atoms with van der Waals surface area (Å²) in [4.78, 5) is 27.7. The van der Waals surface area contributed by atoms with Crippen LogP contribution in [0.15, 0.2) is 53.4 Å². The van der Waals surface area contributed by atoms with E-state index in [1.807, 2.05) is 35.1 Å². The first-order valence-electron chi connectivity index (χ1n) is 11.4. The zero-order valence-electron chi connectivity index (χ0n) is 19.5. The van der Waals surface area contributed by atoms with E-state index in [0.29, 0.717) is 40.5 Å². The quantitative estimate of drug-likeness (QED) is 0.432. The minimum Gasteiger partial charge on any atom is -0.400 e. The predicted molar refractivity (Wildman–Crippen MR) is 128 cm³/mol. The molecule has 0 aromatic carbocycles. The van der Waals surface area contributed by atoms with Gasteiger partial charge in [-0.05, 0) is 37.5 Å². The smallest absolute Gasteiger partial charge is 0.233 e. The van der Waals surface area contributed by atoms with Crippen molar-refractivity contribution in [2.75, 3.05) is 26.0 Å². The number of nitrogens with one attached hydrogen (secondary N) is 1. The van der Waals surface area contributed by atoms with Crippen molar-refractivity contribution in [3.63, 3.8) is 0 Å². The van der Waals surface area contributed by atoms with Gasteiger partial charge in [0.1, 0.15) is 17.4 Å². The number of carbonyl (C=O) groups excluding carboxylic acids is 1. The van der Waals surface area contributed by atoms with Gasteiger partial charge in [0.25, 0.3) is 0 Å². The van der Waals surface area contributed by atoms with Gasteiger partial charge in [-0.3, -0.25) is 9.48 Å².